The summed E-state index contributed by atoms with van der Waals surface area (Å²) in [6, 6.07) is 13.3. The van der Waals surface area contributed by atoms with E-state index in [0.29, 0.717) is 31.7 Å². The molecule has 0 saturated carbocycles. The predicted molar refractivity (Wildman–Crippen MR) is 113 cm³/mol. The normalized spacial score (nSPS) is 13.3. The number of para-hydroxylation sites is 2. The van der Waals surface area contributed by atoms with Gasteiger partial charge < -0.3 is 14.4 Å². The van der Waals surface area contributed by atoms with Crippen LogP contribution >= 0.6 is 0 Å². The first-order valence-electron chi connectivity index (χ1n) is 9.60. The zero-order valence-corrected chi connectivity index (χ0v) is 16.9. The summed E-state index contributed by atoms with van der Waals surface area (Å²) in [7, 11) is 5.23. The van der Waals surface area contributed by atoms with Crippen LogP contribution in [0, 0.1) is 0 Å². The predicted octanol–water partition coefficient (Wildman–Crippen LogP) is 3.06. The minimum atomic E-state index is 0.0220. The Balaban J connectivity index is 1.59. The van der Waals surface area contributed by atoms with E-state index in [2.05, 4.69) is 0 Å². The number of hydrogen-bond donors (Lipinski definition) is 0. The molecule has 1 aliphatic heterocycles. The van der Waals surface area contributed by atoms with Crippen LogP contribution in [0.4, 0.5) is 11.6 Å². The molecule has 150 valence electrons. The van der Waals surface area contributed by atoms with Gasteiger partial charge in [0.25, 0.3) is 0 Å². The fourth-order valence-electron chi connectivity index (χ4n) is 3.58. The maximum absolute atomic E-state index is 13.1. The number of carbonyl (C=O) groups excluding carboxylic acids is 1. The van der Waals surface area contributed by atoms with Crippen molar-refractivity contribution < 1.29 is 14.3 Å². The molecule has 3 aromatic rings. The Labute approximate surface area is 169 Å². The van der Waals surface area contributed by atoms with Crippen LogP contribution in [0.1, 0.15) is 12.0 Å². The Kier molecular flexibility index (Phi) is 5.20. The summed E-state index contributed by atoms with van der Waals surface area (Å²) in [4.78, 5) is 26.4. The van der Waals surface area contributed by atoms with Crippen molar-refractivity contribution >= 4 is 28.6 Å². The largest absolute Gasteiger partial charge is 0.497 e. The highest BCUT2D eigenvalue weighted by Crippen LogP contribution is 2.31. The van der Waals surface area contributed by atoms with E-state index in [0.717, 1.165) is 33.9 Å². The Hall–Kier alpha value is -3.35. The number of fused-ring (bicyclic) bond motifs is 2. The Morgan fingerprint density at radius 3 is 2.41 bits per heavy atom. The molecule has 0 radical (unpaired) electrons. The average molecular weight is 392 g/mol. The van der Waals surface area contributed by atoms with E-state index in [4.69, 9.17) is 19.4 Å². The maximum atomic E-state index is 13.1. The molecule has 7 nitrogen and oxygen atoms in total. The summed E-state index contributed by atoms with van der Waals surface area (Å²) in [6.45, 7) is 1.30. The molecule has 4 rings (SSSR count). The standard InChI is InChI=1S/C22H24N4O3/c1-25-12-13-26(22-21(25)23-17-6-4-5-7-18(17)24-22)20(27)11-8-15-14-16(28-2)9-10-19(15)29-3/h4-7,9-10,14H,8,11-13H2,1-3H3. The highest BCUT2D eigenvalue weighted by molar-refractivity contribution is 5.97. The molecule has 0 spiro atoms. The first-order valence-corrected chi connectivity index (χ1v) is 9.60. The molecule has 29 heavy (non-hydrogen) atoms. The van der Waals surface area contributed by atoms with Crippen molar-refractivity contribution in [2.24, 2.45) is 0 Å². The van der Waals surface area contributed by atoms with Crippen LogP contribution < -0.4 is 19.3 Å². The third-order valence-corrected chi connectivity index (χ3v) is 5.21. The van der Waals surface area contributed by atoms with Crippen LogP contribution in [0.15, 0.2) is 42.5 Å². The lowest BCUT2D eigenvalue weighted by Crippen LogP contribution is -2.43. The molecular weight excluding hydrogens is 368 g/mol. The maximum Gasteiger partial charge on any atom is 0.228 e. The minimum Gasteiger partial charge on any atom is -0.497 e. The summed E-state index contributed by atoms with van der Waals surface area (Å²) in [5.41, 5.74) is 2.56. The van der Waals surface area contributed by atoms with E-state index in [1.807, 2.05) is 54.4 Å². The van der Waals surface area contributed by atoms with Gasteiger partial charge in [-0.25, -0.2) is 9.97 Å². The van der Waals surface area contributed by atoms with Gasteiger partial charge in [-0.05, 0) is 42.3 Å². The van der Waals surface area contributed by atoms with Gasteiger partial charge in [0.15, 0.2) is 11.6 Å². The lowest BCUT2D eigenvalue weighted by molar-refractivity contribution is -0.118. The van der Waals surface area contributed by atoms with E-state index >= 15 is 0 Å². The Morgan fingerprint density at radius 2 is 1.72 bits per heavy atom. The molecule has 0 unspecified atom stereocenters. The van der Waals surface area contributed by atoms with Gasteiger partial charge in [0.1, 0.15) is 11.5 Å². The number of nitrogens with zero attached hydrogens (tertiary/aromatic N) is 4. The van der Waals surface area contributed by atoms with Gasteiger partial charge in [0, 0.05) is 26.6 Å². The number of carbonyl (C=O) groups is 1. The number of rotatable bonds is 5. The number of ether oxygens (including phenoxy) is 2. The monoisotopic (exact) mass is 392 g/mol. The van der Waals surface area contributed by atoms with Gasteiger partial charge >= 0.3 is 0 Å². The minimum absolute atomic E-state index is 0.0220. The lowest BCUT2D eigenvalue weighted by Gasteiger charge is -2.33. The van der Waals surface area contributed by atoms with Gasteiger partial charge in [-0.1, -0.05) is 12.1 Å². The second kappa shape index (κ2) is 7.95. The molecule has 1 aliphatic rings. The van der Waals surface area contributed by atoms with Crippen molar-refractivity contribution in [3.63, 3.8) is 0 Å². The zero-order chi connectivity index (χ0) is 20.4. The number of aromatic nitrogens is 2. The molecule has 1 amide bonds. The number of benzene rings is 2. The van der Waals surface area contributed by atoms with E-state index in [9.17, 15) is 4.79 Å². The summed E-state index contributed by atoms with van der Waals surface area (Å²) in [5, 5.41) is 0. The van der Waals surface area contributed by atoms with Crippen molar-refractivity contribution in [2.75, 3.05) is 44.2 Å². The third-order valence-electron chi connectivity index (χ3n) is 5.21. The van der Waals surface area contributed by atoms with Gasteiger partial charge in [-0.3, -0.25) is 9.69 Å². The number of methoxy groups -OCH3 is 2. The smallest absolute Gasteiger partial charge is 0.228 e. The average Bonchev–Trinajstić information content (AvgIpc) is 2.76. The van der Waals surface area contributed by atoms with E-state index in [1.165, 1.54) is 0 Å². The van der Waals surface area contributed by atoms with Crippen LogP contribution in [0.2, 0.25) is 0 Å². The van der Waals surface area contributed by atoms with Gasteiger partial charge in [0.05, 0.1) is 25.3 Å². The van der Waals surface area contributed by atoms with E-state index < -0.39 is 0 Å². The fourth-order valence-corrected chi connectivity index (χ4v) is 3.58. The molecule has 2 heterocycles. The second-order valence-corrected chi connectivity index (χ2v) is 7.00. The lowest BCUT2D eigenvalue weighted by atomic mass is 10.1. The van der Waals surface area contributed by atoms with Crippen molar-refractivity contribution in [3.05, 3.63) is 48.0 Å². The molecular formula is C22H24N4O3. The summed E-state index contributed by atoms with van der Waals surface area (Å²) < 4.78 is 10.7. The molecule has 0 atom stereocenters. The van der Waals surface area contributed by atoms with Gasteiger partial charge in [-0.15, -0.1) is 0 Å². The Bertz CT molecular complexity index is 1050. The van der Waals surface area contributed by atoms with E-state index in [1.54, 1.807) is 19.1 Å². The number of hydrogen-bond acceptors (Lipinski definition) is 6. The van der Waals surface area contributed by atoms with E-state index in [-0.39, 0.29) is 5.91 Å². The van der Waals surface area contributed by atoms with Crippen molar-refractivity contribution in [2.45, 2.75) is 12.8 Å². The molecule has 0 bridgehead atoms. The molecule has 0 aliphatic carbocycles. The summed E-state index contributed by atoms with van der Waals surface area (Å²) >= 11 is 0. The molecule has 0 saturated heterocycles. The van der Waals surface area contributed by atoms with Crippen molar-refractivity contribution in [3.8, 4) is 11.5 Å². The molecule has 0 N–H and O–H groups in total. The molecule has 7 heteroatoms. The quantitative estimate of drug-likeness (QED) is 0.665. The van der Waals surface area contributed by atoms with Crippen LogP contribution in [0.3, 0.4) is 0 Å². The van der Waals surface area contributed by atoms with Crippen molar-refractivity contribution in [1.29, 1.82) is 0 Å². The topological polar surface area (TPSA) is 67.8 Å². The summed E-state index contributed by atoms with van der Waals surface area (Å²) in [5.74, 6) is 2.88. The second-order valence-electron chi connectivity index (χ2n) is 7.00. The zero-order valence-electron chi connectivity index (χ0n) is 16.9. The fraction of sp³-hybridized carbons (Fsp3) is 0.318. The van der Waals surface area contributed by atoms with Gasteiger partial charge in [0.2, 0.25) is 5.91 Å². The highest BCUT2D eigenvalue weighted by atomic mass is 16.5. The van der Waals surface area contributed by atoms with Crippen LogP contribution in [0.25, 0.3) is 11.0 Å². The van der Waals surface area contributed by atoms with Crippen LogP contribution in [-0.2, 0) is 11.2 Å². The molecule has 2 aromatic carbocycles. The Morgan fingerprint density at radius 1 is 1.00 bits per heavy atom. The number of aryl methyl sites for hydroxylation is 1. The first kappa shape index (κ1) is 19.0. The van der Waals surface area contributed by atoms with Crippen molar-refractivity contribution in [1.82, 2.24) is 9.97 Å². The highest BCUT2D eigenvalue weighted by Gasteiger charge is 2.28. The molecule has 1 aromatic heterocycles. The van der Waals surface area contributed by atoms with Gasteiger partial charge in [-0.2, -0.15) is 0 Å². The molecule has 0 fully saturated rings. The third kappa shape index (κ3) is 3.68. The number of amides is 1. The SMILES string of the molecule is COc1ccc(OC)c(CCC(=O)N2CCN(C)c3nc4ccccc4nc32)c1. The van der Waals surface area contributed by atoms with Crippen LogP contribution in [-0.4, -0.2) is 50.2 Å². The number of anilines is 2. The summed E-state index contributed by atoms with van der Waals surface area (Å²) in [6.07, 6.45) is 0.906. The van der Waals surface area contributed by atoms with Crippen LogP contribution in [0.5, 0.6) is 11.5 Å². The number of likely N-dealkylation sites (N-methyl/N-ethyl adjacent to an activating group) is 1. The first-order chi connectivity index (χ1) is 14.1.